The number of hydrogen-bond acceptors (Lipinski definition) is 5. The zero-order valence-electron chi connectivity index (χ0n) is 19.3. The van der Waals surface area contributed by atoms with E-state index in [1.54, 1.807) is 6.07 Å². The number of imidazole rings is 1. The summed E-state index contributed by atoms with van der Waals surface area (Å²) in [7, 11) is 0. The second-order valence-corrected chi connectivity index (χ2v) is 9.29. The number of aromatic amines is 1. The van der Waals surface area contributed by atoms with E-state index in [0.29, 0.717) is 46.7 Å². The van der Waals surface area contributed by atoms with Crippen LogP contribution in [0.25, 0.3) is 34.1 Å². The monoisotopic (exact) mass is 502 g/mol. The van der Waals surface area contributed by atoms with Crippen LogP contribution < -0.4 is 11.2 Å². The summed E-state index contributed by atoms with van der Waals surface area (Å²) < 4.78 is 15.4. The molecule has 1 saturated heterocycles. The minimum atomic E-state index is -0.510. The lowest BCUT2D eigenvalue weighted by Gasteiger charge is -2.13. The molecule has 1 aliphatic rings. The Morgan fingerprint density at radius 1 is 1.00 bits per heavy atom. The highest BCUT2D eigenvalue weighted by Crippen LogP contribution is 2.31. The lowest BCUT2D eigenvalue weighted by Crippen LogP contribution is -2.32. The first kappa shape index (κ1) is 22.6. The van der Waals surface area contributed by atoms with Crippen LogP contribution >= 0.6 is 11.6 Å². The highest BCUT2D eigenvalue weighted by molar-refractivity contribution is 6.30. The van der Waals surface area contributed by atoms with Gasteiger partial charge in [0.25, 0.3) is 5.56 Å². The number of rotatable bonds is 6. The predicted molar refractivity (Wildman–Crippen MR) is 137 cm³/mol. The molecular weight excluding hydrogens is 480 g/mol. The number of ether oxygens (including phenoxy) is 1. The van der Waals surface area contributed by atoms with Crippen LogP contribution in [0.4, 0.5) is 0 Å². The smallest absolute Gasteiger partial charge is 0.330 e. The SMILES string of the molecule is O=c1[nH]c(=O)n(Cc2ccccc2)c2nc(-c3ccc(-c4cccc(Cl)c4)o3)n(C[C@@H]3CCCO3)c12. The quantitative estimate of drug-likeness (QED) is 0.363. The van der Waals surface area contributed by atoms with E-state index < -0.39 is 11.2 Å². The molecule has 4 heterocycles. The van der Waals surface area contributed by atoms with Gasteiger partial charge in [0.15, 0.2) is 22.7 Å². The molecule has 0 amide bonds. The average Bonchev–Trinajstić information content (AvgIpc) is 3.63. The molecule has 9 heteroatoms. The maximum absolute atomic E-state index is 13.1. The fourth-order valence-corrected chi connectivity index (χ4v) is 4.89. The molecule has 182 valence electrons. The van der Waals surface area contributed by atoms with Gasteiger partial charge in [-0.25, -0.2) is 9.78 Å². The molecular formula is C27H23ClN4O4. The summed E-state index contributed by atoms with van der Waals surface area (Å²) in [5.41, 5.74) is 1.37. The molecule has 0 bridgehead atoms. The van der Waals surface area contributed by atoms with Gasteiger partial charge in [0.2, 0.25) is 0 Å². The van der Waals surface area contributed by atoms with Crippen LogP contribution in [0.1, 0.15) is 18.4 Å². The van der Waals surface area contributed by atoms with Crippen LogP contribution in [0, 0.1) is 0 Å². The number of fused-ring (bicyclic) bond motifs is 1. The van der Waals surface area contributed by atoms with Crippen LogP contribution in [-0.2, 0) is 17.8 Å². The molecule has 5 aromatic rings. The van der Waals surface area contributed by atoms with Crippen molar-refractivity contribution in [2.75, 3.05) is 6.61 Å². The van der Waals surface area contributed by atoms with E-state index in [1.807, 2.05) is 65.2 Å². The van der Waals surface area contributed by atoms with Crippen LogP contribution in [0.15, 0.2) is 80.7 Å². The van der Waals surface area contributed by atoms with Crippen LogP contribution in [0.2, 0.25) is 5.02 Å². The van der Waals surface area contributed by atoms with Crippen molar-refractivity contribution in [2.45, 2.75) is 32.0 Å². The molecule has 8 nitrogen and oxygen atoms in total. The highest BCUT2D eigenvalue weighted by atomic mass is 35.5. The van der Waals surface area contributed by atoms with E-state index in [-0.39, 0.29) is 12.6 Å². The number of hydrogen-bond donors (Lipinski definition) is 1. The summed E-state index contributed by atoms with van der Waals surface area (Å²) in [5.74, 6) is 1.57. The van der Waals surface area contributed by atoms with Crippen molar-refractivity contribution >= 4 is 22.8 Å². The third-order valence-electron chi connectivity index (χ3n) is 6.41. The summed E-state index contributed by atoms with van der Waals surface area (Å²) in [4.78, 5) is 33.2. The van der Waals surface area contributed by atoms with E-state index in [4.69, 9.17) is 25.7 Å². The minimum Gasteiger partial charge on any atom is -0.453 e. The Kier molecular flexibility index (Phi) is 5.83. The lowest BCUT2D eigenvalue weighted by atomic mass is 10.2. The summed E-state index contributed by atoms with van der Waals surface area (Å²) in [6.07, 6.45) is 1.78. The predicted octanol–water partition coefficient (Wildman–Crippen LogP) is 4.69. The first-order valence-electron chi connectivity index (χ1n) is 11.8. The average molecular weight is 503 g/mol. The van der Waals surface area contributed by atoms with Crippen LogP contribution in [0.5, 0.6) is 0 Å². The first-order valence-corrected chi connectivity index (χ1v) is 12.2. The minimum absolute atomic E-state index is 0.0579. The van der Waals surface area contributed by atoms with Crippen molar-refractivity contribution in [1.29, 1.82) is 0 Å². The molecule has 0 aliphatic carbocycles. The molecule has 0 saturated carbocycles. The van der Waals surface area contributed by atoms with Crippen LogP contribution in [-0.4, -0.2) is 31.8 Å². The standard InChI is InChI=1S/C27H23ClN4O4/c28-19-9-4-8-18(14-19)21-11-12-22(36-21)24-29-25-23(31(24)16-20-10-5-13-35-20)26(33)30-27(34)32(25)15-17-6-2-1-3-7-17/h1-4,6-9,11-12,14,20H,5,10,13,15-16H2,(H,30,33,34)/t20-/m0/s1. The second-order valence-electron chi connectivity index (χ2n) is 8.86. The van der Waals surface area contributed by atoms with Gasteiger partial charge in [-0.2, -0.15) is 0 Å². The number of benzene rings is 2. The van der Waals surface area contributed by atoms with Gasteiger partial charge in [-0.1, -0.05) is 54.1 Å². The number of halogens is 1. The molecule has 3 aromatic heterocycles. The van der Waals surface area contributed by atoms with Gasteiger partial charge >= 0.3 is 5.69 Å². The van der Waals surface area contributed by atoms with Gasteiger partial charge in [0, 0.05) is 17.2 Å². The lowest BCUT2D eigenvalue weighted by molar-refractivity contribution is 0.0981. The Morgan fingerprint density at radius 3 is 2.61 bits per heavy atom. The van der Waals surface area contributed by atoms with E-state index in [9.17, 15) is 9.59 Å². The largest absolute Gasteiger partial charge is 0.453 e. The highest BCUT2D eigenvalue weighted by Gasteiger charge is 2.25. The fraction of sp³-hybridized carbons (Fsp3) is 0.222. The van der Waals surface area contributed by atoms with Crippen molar-refractivity contribution in [3.63, 3.8) is 0 Å². The maximum Gasteiger partial charge on any atom is 0.330 e. The third-order valence-corrected chi connectivity index (χ3v) is 6.65. The topological polar surface area (TPSA) is 95.0 Å². The Labute approximate surface area is 210 Å². The zero-order valence-corrected chi connectivity index (χ0v) is 20.1. The van der Waals surface area contributed by atoms with Gasteiger partial charge in [-0.15, -0.1) is 0 Å². The van der Waals surface area contributed by atoms with E-state index in [2.05, 4.69) is 4.98 Å². The van der Waals surface area contributed by atoms with Gasteiger partial charge < -0.3 is 13.7 Å². The number of nitrogens with one attached hydrogen (secondary N) is 1. The van der Waals surface area contributed by atoms with Crippen molar-refractivity contribution in [3.05, 3.63) is 98.2 Å². The maximum atomic E-state index is 13.1. The first-order chi connectivity index (χ1) is 17.6. The Bertz CT molecular complexity index is 1660. The summed E-state index contributed by atoms with van der Waals surface area (Å²) in [5, 5.41) is 0.604. The normalized spacial score (nSPS) is 15.6. The summed E-state index contributed by atoms with van der Waals surface area (Å²) >= 11 is 6.17. The third kappa shape index (κ3) is 4.19. The van der Waals surface area contributed by atoms with Crippen molar-refractivity contribution in [1.82, 2.24) is 19.1 Å². The molecule has 1 fully saturated rings. The summed E-state index contributed by atoms with van der Waals surface area (Å²) in [6, 6.07) is 20.6. The van der Waals surface area contributed by atoms with Gasteiger partial charge in [-0.05, 0) is 42.7 Å². The molecule has 0 spiro atoms. The van der Waals surface area contributed by atoms with Gasteiger partial charge in [-0.3, -0.25) is 14.3 Å². The number of H-pyrrole nitrogens is 1. The van der Waals surface area contributed by atoms with Crippen molar-refractivity contribution < 1.29 is 9.15 Å². The number of furan rings is 1. The second kappa shape index (κ2) is 9.29. The van der Waals surface area contributed by atoms with E-state index >= 15 is 0 Å². The Balaban J connectivity index is 1.53. The van der Waals surface area contributed by atoms with Crippen molar-refractivity contribution in [2.24, 2.45) is 0 Å². The zero-order chi connectivity index (χ0) is 24.6. The number of aromatic nitrogens is 4. The van der Waals surface area contributed by atoms with Crippen LogP contribution in [0.3, 0.4) is 0 Å². The molecule has 6 rings (SSSR count). The number of nitrogens with zero attached hydrogens (tertiary/aromatic N) is 3. The molecule has 36 heavy (non-hydrogen) atoms. The molecule has 1 aliphatic heterocycles. The molecule has 1 N–H and O–H groups in total. The van der Waals surface area contributed by atoms with Gasteiger partial charge in [0.05, 0.1) is 19.2 Å². The molecule has 0 unspecified atom stereocenters. The van der Waals surface area contributed by atoms with E-state index in [0.717, 1.165) is 24.0 Å². The fourth-order valence-electron chi connectivity index (χ4n) is 4.70. The van der Waals surface area contributed by atoms with E-state index in [1.165, 1.54) is 4.57 Å². The molecule has 2 aromatic carbocycles. The van der Waals surface area contributed by atoms with Crippen molar-refractivity contribution in [3.8, 4) is 22.9 Å². The van der Waals surface area contributed by atoms with Gasteiger partial charge in [0.1, 0.15) is 5.76 Å². The summed E-state index contributed by atoms with van der Waals surface area (Å²) in [6.45, 7) is 1.38. The Morgan fingerprint density at radius 2 is 1.83 bits per heavy atom. The molecule has 0 radical (unpaired) electrons. The molecule has 1 atom stereocenters. The Hall–Kier alpha value is -3.88.